The Kier molecular flexibility index (Phi) is 4.30. The number of carbonyl (C=O) groups is 1. The third kappa shape index (κ3) is 3.50. The molecule has 0 saturated carbocycles. The van der Waals surface area contributed by atoms with Crippen LogP contribution in [0.1, 0.15) is 15.2 Å². The van der Waals surface area contributed by atoms with Crippen LogP contribution >= 0.6 is 11.3 Å². The van der Waals surface area contributed by atoms with Crippen LogP contribution in [0, 0.1) is 0 Å². The number of rotatable bonds is 2. The first-order chi connectivity index (χ1) is 10.9. The van der Waals surface area contributed by atoms with Gasteiger partial charge in [-0.05, 0) is 29.6 Å². The quantitative estimate of drug-likeness (QED) is 0.832. The second kappa shape index (κ2) is 6.23. The van der Waals surface area contributed by atoms with Gasteiger partial charge in [0.25, 0.3) is 5.91 Å². The van der Waals surface area contributed by atoms with Gasteiger partial charge in [-0.15, -0.1) is 11.3 Å². The zero-order chi connectivity index (χ0) is 16.4. The molecule has 0 atom stereocenters. The molecule has 0 bridgehead atoms. The normalized spacial score (nSPS) is 15.8. The van der Waals surface area contributed by atoms with Crippen molar-refractivity contribution in [3.8, 4) is 0 Å². The number of nitrogens with zero attached hydrogens (tertiary/aromatic N) is 2. The summed E-state index contributed by atoms with van der Waals surface area (Å²) in [4.78, 5) is 16.6. The van der Waals surface area contributed by atoms with Crippen molar-refractivity contribution in [2.45, 2.75) is 6.18 Å². The van der Waals surface area contributed by atoms with E-state index in [-0.39, 0.29) is 5.91 Å². The van der Waals surface area contributed by atoms with Crippen LogP contribution in [0.4, 0.5) is 18.9 Å². The van der Waals surface area contributed by atoms with Crippen molar-refractivity contribution < 1.29 is 18.0 Å². The molecule has 1 aliphatic heterocycles. The number of carbonyl (C=O) groups excluding carboxylic acids is 1. The largest absolute Gasteiger partial charge is 0.416 e. The molecule has 7 heteroatoms. The van der Waals surface area contributed by atoms with E-state index in [4.69, 9.17) is 0 Å². The Morgan fingerprint density at radius 3 is 2.39 bits per heavy atom. The molecule has 0 aliphatic carbocycles. The lowest BCUT2D eigenvalue weighted by molar-refractivity contribution is -0.137. The highest BCUT2D eigenvalue weighted by Crippen LogP contribution is 2.32. The van der Waals surface area contributed by atoms with Crippen molar-refractivity contribution in [1.29, 1.82) is 0 Å². The Morgan fingerprint density at radius 1 is 1.04 bits per heavy atom. The van der Waals surface area contributed by atoms with E-state index in [0.29, 0.717) is 36.7 Å². The third-order valence-electron chi connectivity index (χ3n) is 3.84. The summed E-state index contributed by atoms with van der Waals surface area (Å²) in [6.07, 6.45) is -4.34. The van der Waals surface area contributed by atoms with Gasteiger partial charge >= 0.3 is 6.18 Å². The summed E-state index contributed by atoms with van der Waals surface area (Å²) in [6.45, 7) is 2.07. The zero-order valence-electron chi connectivity index (χ0n) is 12.2. The topological polar surface area (TPSA) is 23.6 Å². The number of alkyl halides is 3. The van der Waals surface area contributed by atoms with Crippen LogP contribution in [-0.4, -0.2) is 37.0 Å². The lowest BCUT2D eigenvalue weighted by Gasteiger charge is -2.36. The maximum absolute atomic E-state index is 12.8. The Morgan fingerprint density at radius 2 is 1.78 bits per heavy atom. The van der Waals surface area contributed by atoms with E-state index in [1.165, 1.54) is 17.4 Å². The molecule has 0 unspecified atom stereocenters. The molecule has 1 aliphatic rings. The molecule has 1 saturated heterocycles. The lowest BCUT2D eigenvalue weighted by Crippen LogP contribution is -2.48. The van der Waals surface area contributed by atoms with Gasteiger partial charge < -0.3 is 9.80 Å². The van der Waals surface area contributed by atoms with Crippen LogP contribution < -0.4 is 4.90 Å². The van der Waals surface area contributed by atoms with Crippen molar-refractivity contribution >= 4 is 22.9 Å². The van der Waals surface area contributed by atoms with Crippen LogP contribution in [0.3, 0.4) is 0 Å². The van der Waals surface area contributed by atoms with Gasteiger partial charge in [0.2, 0.25) is 0 Å². The summed E-state index contributed by atoms with van der Waals surface area (Å²) in [6, 6.07) is 8.94. The number of hydrogen-bond acceptors (Lipinski definition) is 3. The Bertz CT molecular complexity index is 677. The fraction of sp³-hybridized carbons (Fsp3) is 0.312. The molecule has 1 amide bonds. The van der Waals surface area contributed by atoms with E-state index in [1.807, 2.05) is 16.3 Å². The fourth-order valence-electron chi connectivity index (χ4n) is 2.60. The minimum atomic E-state index is -4.34. The molecule has 3 nitrogen and oxygen atoms in total. The average molecular weight is 340 g/mol. The molecule has 2 aromatic rings. The number of thiophene rings is 1. The Labute approximate surface area is 135 Å². The predicted molar refractivity (Wildman–Crippen MR) is 83.9 cm³/mol. The number of halogens is 3. The first-order valence-corrected chi connectivity index (χ1v) is 8.08. The molecule has 2 heterocycles. The highest BCUT2D eigenvalue weighted by atomic mass is 32.1. The lowest BCUT2D eigenvalue weighted by atomic mass is 10.1. The van der Waals surface area contributed by atoms with E-state index in [2.05, 4.69) is 0 Å². The van der Waals surface area contributed by atoms with Crippen molar-refractivity contribution in [3.05, 3.63) is 52.2 Å². The van der Waals surface area contributed by atoms with Crippen LogP contribution in [0.5, 0.6) is 0 Å². The van der Waals surface area contributed by atoms with Crippen LogP contribution in [0.25, 0.3) is 0 Å². The van der Waals surface area contributed by atoms with Gasteiger partial charge in [-0.3, -0.25) is 4.79 Å². The maximum atomic E-state index is 12.8. The third-order valence-corrected chi connectivity index (χ3v) is 4.70. The van der Waals surface area contributed by atoms with Crippen LogP contribution in [0.15, 0.2) is 41.8 Å². The van der Waals surface area contributed by atoms with E-state index in [1.54, 1.807) is 17.0 Å². The summed E-state index contributed by atoms with van der Waals surface area (Å²) < 4.78 is 38.4. The van der Waals surface area contributed by atoms with Gasteiger partial charge in [0, 0.05) is 31.9 Å². The van der Waals surface area contributed by atoms with Gasteiger partial charge in [0.15, 0.2) is 0 Å². The van der Waals surface area contributed by atoms with Crippen molar-refractivity contribution in [3.63, 3.8) is 0 Å². The van der Waals surface area contributed by atoms with Gasteiger partial charge in [0.05, 0.1) is 10.4 Å². The first-order valence-electron chi connectivity index (χ1n) is 7.20. The molecule has 23 heavy (non-hydrogen) atoms. The van der Waals surface area contributed by atoms with Gasteiger partial charge in [-0.25, -0.2) is 0 Å². The molecule has 122 valence electrons. The summed E-state index contributed by atoms with van der Waals surface area (Å²) in [5, 5.41) is 1.85. The Balaban J connectivity index is 1.66. The molecule has 1 aromatic heterocycles. The highest BCUT2D eigenvalue weighted by molar-refractivity contribution is 7.12. The SMILES string of the molecule is O=C(c1cccs1)N1CCN(c2cccc(C(F)(F)F)c2)CC1. The van der Waals surface area contributed by atoms with E-state index in [9.17, 15) is 18.0 Å². The van der Waals surface area contributed by atoms with Crippen LogP contribution in [0.2, 0.25) is 0 Å². The minimum Gasteiger partial charge on any atom is -0.368 e. The predicted octanol–water partition coefficient (Wildman–Crippen LogP) is 3.73. The summed E-state index contributed by atoms with van der Waals surface area (Å²) in [5.74, 6) is -0.0105. The van der Waals surface area contributed by atoms with Crippen molar-refractivity contribution in [2.24, 2.45) is 0 Å². The summed E-state index contributed by atoms with van der Waals surface area (Å²) in [7, 11) is 0. The summed E-state index contributed by atoms with van der Waals surface area (Å²) >= 11 is 1.40. The number of piperazine rings is 1. The average Bonchev–Trinajstić information content (AvgIpc) is 3.08. The Hall–Kier alpha value is -2.02. The second-order valence-corrected chi connectivity index (χ2v) is 6.25. The second-order valence-electron chi connectivity index (χ2n) is 5.30. The minimum absolute atomic E-state index is 0.0105. The number of benzene rings is 1. The van der Waals surface area contributed by atoms with E-state index >= 15 is 0 Å². The molecule has 3 rings (SSSR count). The smallest absolute Gasteiger partial charge is 0.368 e. The van der Waals surface area contributed by atoms with Gasteiger partial charge in [-0.1, -0.05) is 12.1 Å². The van der Waals surface area contributed by atoms with Crippen LogP contribution in [-0.2, 0) is 6.18 Å². The number of hydrogen-bond donors (Lipinski definition) is 0. The molecule has 1 fully saturated rings. The summed E-state index contributed by atoms with van der Waals surface area (Å²) in [5.41, 5.74) is -0.102. The van der Waals surface area contributed by atoms with E-state index < -0.39 is 11.7 Å². The highest BCUT2D eigenvalue weighted by Gasteiger charge is 2.31. The molecule has 1 aromatic carbocycles. The van der Waals surface area contributed by atoms with Gasteiger partial charge in [-0.2, -0.15) is 13.2 Å². The monoisotopic (exact) mass is 340 g/mol. The standard InChI is InChI=1S/C16H15F3N2OS/c17-16(18,19)12-3-1-4-13(11-12)20-6-8-21(9-7-20)15(22)14-5-2-10-23-14/h1-5,10-11H,6-9H2. The number of amides is 1. The first kappa shape index (κ1) is 15.9. The van der Waals surface area contributed by atoms with Gasteiger partial charge in [0.1, 0.15) is 0 Å². The zero-order valence-corrected chi connectivity index (χ0v) is 13.0. The maximum Gasteiger partial charge on any atom is 0.416 e. The number of anilines is 1. The van der Waals surface area contributed by atoms with Crippen molar-refractivity contribution in [2.75, 3.05) is 31.1 Å². The molecule has 0 spiro atoms. The van der Waals surface area contributed by atoms with Crippen molar-refractivity contribution in [1.82, 2.24) is 4.90 Å². The molecular formula is C16H15F3N2OS. The van der Waals surface area contributed by atoms with E-state index in [0.717, 1.165) is 12.1 Å². The molecule has 0 N–H and O–H groups in total. The fourth-order valence-corrected chi connectivity index (χ4v) is 3.29. The molecular weight excluding hydrogens is 325 g/mol. The molecule has 0 radical (unpaired) electrons.